The van der Waals surface area contributed by atoms with Crippen LogP contribution in [0.15, 0.2) is 12.4 Å². The lowest BCUT2D eigenvalue weighted by Gasteiger charge is -1.97. The molecule has 0 aliphatic carbocycles. The van der Waals surface area contributed by atoms with Crippen LogP contribution in [0.1, 0.15) is 31.2 Å². The van der Waals surface area contributed by atoms with E-state index < -0.39 is 9.05 Å². The average molecular weight is 275 g/mol. The van der Waals surface area contributed by atoms with Crippen LogP contribution in [0.2, 0.25) is 0 Å². The van der Waals surface area contributed by atoms with E-state index in [1.807, 2.05) is 13.8 Å². The average Bonchev–Trinajstić information content (AvgIpc) is 2.57. The number of halogens is 1. The van der Waals surface area contributed by atoms with Gasteiger partial charge in [0.2, 0.25) is 9.05 Å². The van der Waals surface area contributed by atoms with E-state index >= 15 is 0 Å². The first-order chi connectivity index (χ1) is 7.85. The van der Waals surface area contributed by atoms with Crippen molar-refractivity contribution in [2.45, 2.75) is 25.5 Å². The van der Waals surface area contributed by atoms with Gasteiger partial charge in [-0.05, 0) is 0 Å². The van der Waals surface area contributed by atoms with Crippen LogP contribution in [0.4, 0.5) is 0 Å². The predicted octanol–water partition coefficient (Wildman–Crippen LogP) is 1.32. The van der Waals surface area contributed by atoms with Gasteiger partial charge in [0.1, 0.15) is 0 Å². The SMILES string of the molecule is CC(C)c1nc2ncc(CS(=O)(=O)Cl)cn2n1. The molecule has 0 atom stereocenters. The molecule has 0 aromatic carbocycles. The summed E-state index contributed by atoms with van der Waals surface area (Å²) in [7, 11) is 1.59. The molecule has 2 aromatic heterocycles. The van der Waals surface area contributed by atoms with Gasteiger partial charge in [0.15, 0.2) is 5.82 Å². The number of aromatic nitrogens is 4. The van der Waals surface area contributed by atoms with Crippen LogP contribution in [0, 0.1) is 0 Å². The summed E-state index contributed by atoms with van der Waals surface area (Å²) in [6, 6.07) is 0. The van der Waals surface area contributed by atoms with Crippen molar-refractivity contribution in [2.24, 2.45) is 0 Å². The summed E-state index contributed by atoms with van der Waals surface area (Å²) >= 11 is 0. The Morgan fingerprint density at radius 2 is 2.18 bits per heavy atom. The summed E-state index contributed by atoms with van der Waals surface area (Å²) in [6.45, 7) is 3.94. The van der Waals surface area contributed by atoms with E-state index in [0.29, 0.717) is 17.2 Å². The maximum absolute atomic E-state index is 10.9. The van der Waals surface area contributed by atoms with Gasteiger partial charge in [-0.1, -0.05) is 13.8 Å². The fourth-order valence-electron chi connectivity index (χ4n) is 1.36. The van der Waals surface area contributed by atoms with Crippen molar-refractivity contribution in [1.29, 1.82) is 0 Å². The van der Waals surface area contributed by atoms with E-state index in [4.69, 9.17) is 10.7 Å². The van der Waals surface area contributed by atoms with Crippen LogP contribution >= 0.6 is 10.7 Å². The second-order valence-corrected chi connectivity index (χ2v) is 6.79. The molecule has 0 bridgehead atoms. The molecule has 0 aliphatic rings. The van der Waals surface area contributed by atoms with Crippen LogP contribution in [0.3, 0.4) is 0 Å². The Bertz CT molecular complexity index is 650. The van der Waals surface area contributed by atoms with E-state index in [1.165, 1.54) is 10.7 Å². The quantitative estimate of drug-likeness (QED) is 0.789. The summed E-state index contributed by atoms with van der Waals surface area (Å²) < 4.78 is 23.4. The Kier molecular flexibility index (Phi) is 3.05. The molecule has 0 fully saturated rings. The zero-order chi connectivity index (χ0) is 12.6. The van der Waals surface area contributed by atoms with E-state index in [2.05, 4.69) is 15.1 Å². The Balaban J connectivity index is 2.43. The van der Waals surface area contributed by atoms with Crippen LogP contribution in [0.5, 0.6) is 0 Å². The second kappa shape index (κ2) is 4.23. The van der Waals surface area contributed by atoms with Gasteiger partial charge < -0.3 is 0 Å². The third-order valence-electron chi connectivity index (χ3n) is 2.12. The van der Waals surface area contributed by atoms with Gasteiger partial charge in [0.05, 0.1) is 5.75 Å². The predicted molar refractivity (Wildman–Crippen MR) is 63.3 cm³/mol. The topological polar surface area (TPSA) is 77.2 Å². The molecule has 92 valence electrons. The molecule has 0 radical (unpaired) electrons. The monoisotopic (exact) mass is 274 g/mol. The van der Waals surface area contributed by atoms with Gasteiger partial charge >= 0.3 is 0 Å². The molecule has 0 N–H and O–H groups in total. The molecule has 0 saturated carbocycles. The van der Waals surface area contributed by atoms with Crippen molar-refractivity contribution in [3.05, 3.63) is 23.8 Å². The molecule has 0 spiro atoms. The van der Waals surface area contributed by atoms with Crippen molar-refractivity contribution in [1.82, 2.24) is 19.6 Å². The molecule has 0 unspecified atom stereocenters. The smallest absolute Gasteiger partial charge is 0.219 e. The summed E-state index contributed by atoms with van der Waals surface area (Å²) in [4.78, 5) is 8.24. The summed E-state index contributed by atoms with van der Waals surface area (Å²) in [5.74, 6) is 1.04. The van der Waals surface area contributed by atoms with Gasteiger partial charge in [0.25, 0.3) is 5.78 Å². The maximum Gasteiger partial charge on any atom is 0.252 e. The van der Waals surface area contributed by atoms with Gasteiger partial charge in [-0.25, -0.2) is 17.9 Å². The van der Waals surface area contributed by atoms with Gasteiger partial charge in [-0.2, -0.15) is 4.98 Å². The van der Waals surface area contributed by atoms with Gasteiger partial charge in [-0.3, -0.25) is 0 Å². The van der Waals surface area contributed by atoms with Crippen molar-refractivity contribution < 1.29 is 8.42 Å². The largest absolute Gasteiger partial charge is 0.252 e. The number of nitrogens with zero attached hydrogens (tertiary/aromatic N) is 4. The maximum atomic E-state index is 10.9. The van der Waals surface area contributed by atoms with Crippen LogP contribution in [-0.4, -0.2) is 28.0 Å². The zero-order valence-corrected chi connectivity index (χ0v) is 10.9. The highest BCUT2D eigenvalue weighted by molar-refractivity contribution is 8.13. The molecule has 6 nitrogen and oxygen atoms in total. The fraction of sp³-hybridized carbons (Fsp3) is 0.444. The lowest BCUT2D eigenvalue weighted by molar-refractivity contribution is 0.608. The van der Waals surface area contributed by atoms with E-state index in [0.717, 1.165) is 0 Å². The second-order valence-electron chi connectivity index (χ2n) is 4.01. The minimum Gasteiger partial charge on any atom is -0.219 e. The molecule has 0 aliphatic heterocycles. The Hall–Kier alpha value is -1.21. The van der Waals surface area contributed by atoms with Crippen LogP contribution in [0.25, 0.3) is 5.78 Å². The highest BCUT2D eigenvalue weighted by atomic mass is 35.7. The Morgan fingerprint density at radius 1 is 1.47 bits per heavy atom. The van der Waals surface area contributed by atoms with Crippen molar-refractivity contribution in [3.63, 3.8) is 0 Å². The van der Waals surface area contributed by atoms with E-state index in [-0.39, 0.29) is 11.7 Å². The first-order valence-electron chi connectivity index (χ1n) is 4.99. The van der Waals surface area contributed by atoms with Crippen LogP contribution in [-0.2, 0) is 14.8 Å². The molecule has 17 heavy (non-hydrogen) atoms. The normalized spacial score (nSPS) is 12.5. The molecule has 2 rings (SSSR count). The third kappa shape index (κ3) is 2.92. The van der Waals surface area contributed by atoms with Gasteiger partial charge in [-0.15, -0.1) is 5.10 Å². The third-order valence-corrected chi connectivity index (χ3v) is 3.12. The Labute approximate surface area is 103 Å². The first kappa shape index (κ1) is 12.3. The lowest BCUT2D eigenvalue weighted by atomic mass is 10.2. The Morgan fingerprint density at radius 3 is 2.76 bits per heavy atom. The molecule has 0 amide bonds. The molecule has 8 heteroatoms. The van der Waals surface area contributed by atoms with Crippen molar-refractivity contribution in [3.8, 4) is 0 Å². The summed E-state index contributed by atoms with van der Waals surface area (Å²) in [5.41, 5.74) is 0.479. The zero-order valence-electron chi connectivity index (χ0n) is 9.33. The standard InChI is InChI=1S/C9H11ClN4O2S/c1-6(2)8-12-9-11-3-7(4-14(9)13-8)5-17(10,15)16/h3-4,6H,5H2,1-2H3. The van der Waals surface area contributed by atoms with Gasteiger partial charge in [0, 0.05) is 34.6 Å². The summed E-state index contributed by atoms with van der Waals surface area (Å²) in [5, 5.41) is 4.21. The minimum atomic E-state index is -3.58. The minimum absolute atomic E-state index is 0.192. The molecule has 2 aromatic rings. The molecular weight excluding hydrogens is 264 g/mol. The van der Waals surface area contributed by atoms with Crippen molar-refractivity contribution in [2.75, 3.05) is 0 Å². The van der Waals surface area contributed by atoms with E-state index in [1.54, 1.807) is 6.20 Å². The number of hydrogen-bond acceptors (Lipinski definition) is 5. The van der Waals surface area contributed by atoms with E-state index in [9.17, 15) is 8.42 Å². The first-order valence-corrected chi connectivity index (χ1v) is 7.46. The molecule has 2 heterocycles. The summed E-state index contributed by atoms with van der Waals surface area (Å²) in [6.07, 6.45) is 3.01. The van der Waals surface area contributed by atoms with Crippen molar-refractivity contribution >= 4 is 25.5 Å². The fourth-order valence-corrected chi connectivity index (χ4v) is 2.28. The van der Waals surface area contributed by atoms with Crippen LogP contribution < -0.4 is 0 Å². The lowest BCUT2D eigenvalue weighted by Crippen LogP contribution is -1.99. The number of rotatable bonds is 3. The molecular formula is C9H11ClN4O2S. The number of fused-ring (bicyclic) bond motifs is 1. The highest BCUT2D eigenvalue weighted by Crippen LogP contribution is 2.12. The highest BCUT2D eigenvalue weighted by Gasteiger charge is 2.11. The molecule has 0 saturated heterocycles. The number of hydrogen-bond donors (Lipinski definition) is 0.